The lowest BCUT2D eigenvalue weighted by Crippen LogP contribution is -2.20. The zero-order valence-corrected chi connectivity index (χ0v) is 25.3. The molecule has 43 heavy (non-hydrogen) atoms. The zero-order valence-electron chi connectivity index (χ0n) is 23.6. The van der Waals surface area contributed by atoms with Gasteiger partial charge in [0.2, 0.25) is 15.8 Å². The topological polar surface area (TPSA) is 129 Å². The van der Waals surface area contributed by atoms with Crippen molar-refractivity contribution in [2.45, 2.75) is 62.6 Å². The Labute approximate surface area is 251 Å². The average Bonchev–Trinajstić information content (AvgIpc) is 3.79. The number of ketones is 1. The summed E-state index contributed by atoms with van der Waals surface area (Å²) in [4.78, 5) is 27.9. The van der Waals surface area contributed by atoms with Crippen LogP contribution in [0.25, 0.3) is 22.2 Å². The second-order valence-corrected chi connectivity index (χ2v) is 13.3. The predicted octanol–water partition coefficient (Wildman–Crippen LogP) is 5.85. The molecule has 226 valence electrons. The van der Waals surface area contributed by atoms with Gasteiger partial charge in [0.15, 0.2) is 17.7 Å². The standard InChI is InChI=1S/C29H30F2N6O4S2/c1-3-12-43(39,40)36-25-21(30)10-9-18(23(25)31)26(38)24-19-13-17(20-15-32-27(16-7-8-16)34-29(20)42-2)14-33-28(19)37(35-24)22-6-4-5-11-41-22/h9-10,13-16,22,36H,3-8,11-12H2,1-2H3. The molecule has 4 aromatic rings. The van der Waals surface area contributed by atoms with Gasteiger partial charge in [-0.25, -0.2) is 36.8 Å². The van der Waals surface area contributed by atoms with Crippen LogP contribution in [-0.2, 0) is 14.8 Å². The van der Waals surface area contributed by atoms with Crippen LogP contribution in [0.2, 0.25) is 0 Å². The number of sulfonamides is 1. The van der Waals surface area contributed by atoms with Crippen LogP contribution in [0.1, 0.15) is 79.5 Å². The lowest BCUT2D eigenvalue weighted by molar-refractivity contribution is -0.0371. The highest BCUT2D eigenvalue weighted by molar-refractivity contribution is 7.98. The number of carbonyl (C=O) groups is 1. The molecule has 0 spiro atoms. The van der Waals surface area contributed by atoms with E-state index >= 15 is 4.39 Å². The molecule has 1 N–H and O–H groups in total. The summed E-state index contributed by atoms with van der Waals surface area (Å²) >= 11 is 1.48. The molecular weight excluding hydrogens is 598 g/mol. The highest BCUT2D eigenvalue weighted by Crippen LogP contribution is 2.40. The number of nitrogens with one attached hydrogen (secondary N) is 1. The number of anilines is 1. The van der Waals surface area contributed by atoms with Gasteiger partial charge in [0.05, 0.1) is 16.7 Å². The highest BCUT2D eigenvalue weighted by atomic mass is 32.2. The first-order valence-electron chi connectivity index (χ1n) is 14.1. The van der Waals surface area contributed by atoms with E-state index in [2.05, 4.69) is 15.1 Å². The molecule has 1 unspecified atom stereocenters. The number of nitrogens with zero attached hydrogens (tertiary/aromatic N) is 5. The van der Waals surface area contributed by atoms with E-state index in [1.807, 2.05) is 11.0 Å². The smallest absolute Gasteiger partial charge is 0.232 e. The third kappa shape index (κ3) is 5.87. The first-order valence-corrected chi connectivity index (χ1v) is 17.0. The van der Waals surface area contributed by atoms with Gasteiger partial charge in [-0.2, -0.15) is 5.10 Å². The SMILES string of the molecule is CCCS(=O)(=O)Nc1c(F)ccc(C(=O)c2nn(C3CCCCO3)c3ncc(-c4cnc(C5CC5)nc4SC)cc23)c1F. The number of hydrogen-bond acceptors (Lipinski definition) is 9. The van der Waals surface area contributed by atoms with Gasteiger partial charge < -0.3 is 4.74 Å². The lowest BCUT2D eigenvalue weighted by Gasteiger charge is -2.23. The molecule has 2 aliphatic rings. The van der Waals surface area contributed by atoms with E-state index in [1.165, 1.54) is 16.4 Å². The minimum Gasteiger partial charge on any atom is -0.356 e. The van der Waals surface area contributed by atoms with Crippen molar-refractivity contribution in [3.05, 3.63) is 59.3 Å². The third-order valence-electron chi connectivity index (χ3n) is 7.48. The van der Waals surface area contributed by atoms with E-state index in [4.69, 9.17) is 9.72 Å². The summed E-state index contributed by atoms with van der Waals surface area (Å²) < 4.78 is 64.3. The van der Waals surface area contributed by atoms with Crippen molar-refractivity contribution in [3.8, 4) is 11.1 Å². The molecule has 1 aliphatic heterocycles. The van der Waals surface area contributed by atoms with Crippen molar-refractivity contribution in [1.82, 2.24) is 24.7 Å². The molecule has 14 heteroatoms. The van der Waals surface area contributed by atoms with Gasteiger partial charge in [0, 0.05) is 36.0 Å². The van der Waals surface area contributed by atoms with E-state index in [-0.39, 0.29) is 17.9 Å². The van der Waals surface area contributed by atoms with Crippen molar-refractivity contribution >= 4 is 44.3 Å². The maximum Gasteiger partial charge on any atom is 0.232 e. The summed E-state index contributed by atoms with van der Waals surface area (Å²) in [7, 11) is -4.03. The van der Waals surface area contributed by atoms with Crippen LogP contribution in [0, 0.1) is 11.6 Å². The van der Waals surface area contributed by atoms with Crippen LogP contribution in [-0.4, -0.2) is 57.5 Å². The number of aromatic nitrogens is 5. The Hall–Kier alpha value is -3.49. The fourth-order valence-electron chi connectivity index (χ4n) is 5.15. The second kappa shape index (κ2) is 11.9. The first-order chi connectivity index (χ1) is 20.7. The maximum atomic E-state index is 15.7. The number of pyridine rings is 1. The summed E-state index contributed by atoms with van der Waals surface area (Å²) in [5.41, 5.74) is 0.185. The number of rotatable bonds is 10. The van der Waals surface area contributed by atoms with E-state index in [1.54, 1.807) is 25.4 Å². The Kier molecular flexibility index (Phi) is 8.18. The summed E-state index contributed by atoms with van der Waals surface area (Å²) in [6.45, 7) is 2.14. The fourth-order valence-corrected chi connectivity index (χ4v) is 6.86. The van der Waals surface area contributed by atoms with Gasteiger partial charge in [-0.3, -0.25) is 9.52 Å². The number of halogens is 2. The van der Waals surface area contributed by atoms with Gasteiger partial charge in [-0.05, 0) is 63.0 Å². The Bertz CT molecular complexity index is 1820. The first kappa shape index (κ1) is 29.6. The molecular formula is C29H30F2N6O4S2. The molecule has 10 nitrogen and oxygen atoms in total. The van der Waals surface area contributed by atoms with E-state index in [0.29, 0.717) is 35.5 Å². The number of carbonyl (C=O) groups excluding carboxylic acids is 1. The van der Waals surface area contributed by atoms with Crippen molar-refractivity contribution in [3.63, 3.8) is 0 Å². The van der Waals surface area contributed by atoms with E-state index in [9.17, 15) is 17.6 Å². The predicted molar refractivity (Wildman–Crippen MR) is 159 cm³/mol. The molecule has 0 radical (unpaired) electrons. The molecule has 4 heterocycles. The minimum atomic E-state index is -4.03. The summed E-state index contributed by atoms with van der Waals surface area (Å²) in [5, 5.41) is 5.66. The van der Waals surface area contributed by atoms with Gasteiger partial charge >= 0.3 is 0 Å². The minimum absolute atomic E-state index is 0.118. The molecule has 6 rings (SSSR count). The van der Waals surface area contributed by atoms with Crippen LogP contribution in [0.5, 0.6) is 0 Å². The van der Waals surface area contributed by atoms with Gasteiger partial charge in [0.25, 0.3) is 0 Å². The van der Waals surface area contributed by atoms with E-state index in [0.717, 1.165) is 54.2 Å². The lowest BCUT2D eigenvalue weighted by atomic mass is 10.0. The van der Waals surface area contributed by atoms with Crippen molar-refractivity contribution in [2.24, 2.45) is 0 Å². The van der Waals surface area contributed by atoms with Crippen LogP contribution in [0.4, 0.5) is 14.5 Å². The van der Waals surface area contributed by atoms with Crippen LogP contribution in [0.15, 0.2) is 35.6 Å². The Morgan fingerprint density at radius 2 is 1.98 bits per heavy atom. The number of ether oxygens (including phenoxy) is 1. The summed E-state index contributed by atoms with van der Waals surface area (Å²) in [5.74, 6) is -2.46. The zero-order chi connectivity index (χ0) is 30.3. The second-order valence-electron chi connectivity index (χ2n) is 10.7. The van der Waals surface area contributed by atoms with Gasteiger partial charge in [-0.15, -0.1) is 11.8 Å². The molecule has 1 atom stereocenters. The number of fused-ring (bicyclic) bond motifs is 1. The fraction of sp³-hybridized carbons (Fsp3) is 0.414. The van der Waals surface area contributed by atoms with E-state index < -0.39 is 44.9 Å². The Balaban J connectivity index is 1.47. The molecule has 0 bridgehead atoms. The monoisotopic (exact) mass is 628 g/mol. The Morgan fingerprint density at radius 1 is 1.16 bits per heavy atom. The maximum absolute atomic E-state index is 15.7. The largest absolute Gasteiger partial charge is 0.356 e. The van der Waals surface area contributed by atoms with Gasteiger partial charge in [0.1, 0.15) is 28.0 Å². The molecule has 1 aliphatic carbocycles. The quantitative estimate of drug-likeness (QED) is 0.131. The van der Waals surface area contributed by atoms with Crippen molar-refractivity contribution < 1.29 is 26.7 Å². The summed E-state index contributed by atoms with van der Waals surface area (Å²) in [6.07, 6.45) is 9.66. The molecule has 2 fully saturated rings. The number of thioether (sulfide) groups is 1. The van der Waals surface area contributed by atoms with Crippen LogP contribution >= 0.6 is 11.8 Å². The molecule has 3 aromatic heterocycles. The average molecular weight is 629 g/mol. The number of benzene rings is 1. The highest BCUT2D eigenvalue weighted by Gasteiger charge is 2.30. The molecule has 1 aromatic carbocycles. The van der Waals surface area contributed by atoms with Crippen molar-refractivity contribution in [2.75, 3.05) is 23.3 Å². The molecule has 0 amide bonds. The van der Waals surface area contributed by atoms with Crippen LogP contribution < -0.4 is 4.72 Å². The number of hydrogen-bond donors (Lipinski definition) is 1. The summed E-state index contributed by atoms with van der Waals surface area (Å²) in [6, 6.07) is 3.58. The third-order valence-corrected chi connectivity index (χ3v) is 9.63. The van der Waals surface area contributed by atoms with Crippen LogP contribution in [0.3, 0.4) is 0 Å². The van der Waals surface area contributed by atoms with Gasteiger partial charge in [-0.1, -0.05) is 6.92 Å². The van der Waals surface area contributed by atoms with Crippen molar-refractivity contribution in [1.29, 1.82) is 0 Å². The molecule has 1 saturated carbocycles. The normalized spacial score (nSPS) is 17.3. The molecule has 1 saturated heterocycles. The Morgan fingerprint density at radius 3 is 2.67 bits per heavy atom.